The molecule has 2 nitrogen and oxygen atoms in total. The van der Waals surface area contributed by atoms with Crippen LogP contribution in [0.2, 0.25) is 0 Å². The van der Waals surface area contributed by atoms with Crippen molar-refractivity contribution < 1.29 is 4.39 Å². The number of nitrogens with zero attached hydrogens (tertiary/aromatic N) is 1. The zero-order chi connectivity index (χ0) is 14.3. The van der Waals surface area contributed by atoms with E-state index in [1.165, 1.54) is 17.7 Å². The molecule has 20 heavy (non-hydrogen) atoms. The first-order valence-electron chi connectivity index (χ1n) is 6.57. The summed E-state index contributed by atoms with van der Waals surface area (Å²) in [6.45, 7) is 4.27. The molecule has 1 aromatic heterocycles. The van der Waals surface area contributed by atoms with Crippen molar-refractivity contribution in [1.29, 1.82) is 0 Å². The molecule has 0 bridgehead atoms. The molecule has 0 saturated heterocycles. The maximum atomic E-state index is 13.5. The Morgan fingerprint density at radius 2 is 1.90 bits per heavy atom. The van der Waals surface area contributed by atoms with E-state index < -0.39 is 0 Å². The van der Waals surface area contributed by atoms with Crippen LogP contribution in [-0.4, -0.2) is 9.55 Å². The monoisotopic (exact) mass is 286 g/mol. The van der Waals surface area contributed by atoms with E-state index in [0.29, 0.717) is 10.7 Å². The average molecular weight is 286 g/mol. The first kappa shape index (κ1) is 13.1. The van der Waals surface area contributed by atoms with Crippen LogP contribution < -0.4 is 0 Å². The van der Waals surface area contributed by atoms with Crippen molar-refractivity contribution in [3.63, 3.8) is 0 Å². The van der Waals surface area contributed by atoms with E-state index in [0.717, 1.165) is 16.7 Å². The van der Waals surface area contributed by atoms with Crippen LogP contribution in [0.25, 0.3) is 16.7 Å². The van der Waals surface area contributed by atoms with Crippen LogP contribution in [0.5, 0.6) is 0 Å². The lowest BCUT2D eigenvalue weighted by Crippen LogP contribution is -2.01. The maximum absolute atomic E-state index is 13.5. The molecule has 1 heterocycles. The zero-order valence-corrected chi connectivity index (χ0v) is 12.2. The number of hydrogen-bond acceptors (Lipinski definition) is 1. The Kier molecular flexibility index (Phi) is 3.18. The minimum Gasteiger partial charge on any atom is -0.330 e. The number of aromatic nitrogens is 2. The minimum atomic E-state index is -0.262. The van der Waals surface area contributed by atoms with Crippen LogP contribution in [-0.2, 0) is 0 Å². The van der Waals surface area contributed by atoms with Crippen LogP contribution in [0.4, 0.5) is 4.39 Å². The Hall–Kier alpha value is -1.94. The molecule has 0 unspecified atom stereocenters. The topological polar surface area (TPSA) is 20.7 Å². The van der Waals surface area contributed by atoms with Gasteiger partial charge in [0.1, 0.15) is 5.82 Å². The number of benzene rings is 2. The molecular formula is C16H15FN2S. The fourth-order valence-corrected chi connectivity index (χ4v) is 2.80. The van der Waals surface area contributed by atoms with Gasteiger partial charge in [-0.1, -0.05) is 32.0 Å². The molecule has 1 N–H and O–H groups in total. The highest BCUT2D eigenvalue weighted by Gasteiger charge is 2.12. The van der Waals surface area contributed by atoms with Crippen molar-refractivity contribution in [2.45, 2.75) is 19.8 Å². The maximum Gasteiger partial charge on any atom is 0.182 e. The van der Waals surface area contributed by atoms with Crippen molar-refractivity contribution in [3.05, 3.63) is 58.6 Å². The van der Waals surface area contributed by atoms with Crippen LogP contribution in [0.15, 0.2) is 42.5 Å². The van der Waals surface area contributed by atoms with E-state index in [2.05, 4.69) is 24.9 Å². The Morgan fingerprint density at radius 1 is 1.15 bits per heavy atom. The number of H-pyrrole nitrogens is 1. The summed E-state index contributed by atoms with van der Waals surface area (Å²) in [5.74, 6) is 0.105. The highest BCUT2D eigenvalue weighted by molar-refractivity contribution is 7.71. The summed E-state index contributed by atoms with van der Waals surface area (Å²) in [7, 11) is 0. The Morgan fingerprint density at radius 3 is 2.65 bits per heavy atom. The van der Waals surface area contributed by atoms with Crippen molar-refractivity contribution >= 4 is 23.3 Å². The number of halogens is 1. The van der Waals surface area contributed by atoms with Gasteiger partial charge in [0.2, 0.25) is 0 Å². The molecule has 0 atom stereocenters. The fourth-order valence-electron chi connectivity index (χ4n) is 2.49. The molecule has 0 aliphatic rings. The normalized spacial score (nSPS) is 11.4. The summed E-state index contributed by atoms with van der Waals surface area (Å²) >= 11 is 5.41. The van der Waals surface area contributed by atoms with Gasteiger partial charge in [0.05, 0.1) is 16.7 Å². The number of imidazole rings is 1. The minimum absolute atomic E-state index is 0.262. The quantitative estimate of drug-likeness (QED) is 0.661. The number of hydrogen-bond donors (Lipinski definition) is 1. The standard InChI is InChI=1S/C16H15FN2S/c1-10(2)12-5-3-4-6-14(12)19-15-9-11(17)7-8-13(15)18-16(19)20/h3-10H,1-2H3,(H,18,20). The number of nitrogens with one attached hydrogen (secondary N) is 1. The van der Waals surface area contributed by atoms with Crippen molar-refractivity contribution in [3.8, 4) is 5.69 Å². The van der Waals surface area contributed by atoms with Gasteiger partial charge >= 0.3 is 0 Å². The van der Waals surface area contributed by atoms with Crippen LogP contribution in [0.3, 0.4) is 0 Å². The molecule has 0 fully saturated rings. The Labute approximate surface area is 121 Å². The van der Waals surface area contributed by atoms with Crippen LogP contribution in [0, 0.1) is 10.6 Å². The van der Waals surface area contributed by atoms with Gasteiger partial charge in [-0.3, -0.25) is 4.57 Å². The first-order chi connectivity index (χ1) is 9.58. The molecule has 102 valence electrons. The van der Waals surface area contributed by atoms with Gasteiger partial charge in [0.15, 0.2) is 4.77 Å². The van der Waals surface area contributed by atoms with Gasteiger partial charge in [0.25, 0.3) is 0 Å². The van der Waals surface area contributed by atoms with Gasteiger partial charge < -0.3 is 4.98 Å². The average Bonchev–Trinajstić information content (AvgIpc) is 2.74. The third-order valence-corrected chi connectivity index (χ3v) is 3.73. The lowest BCUT2D eigenvalue weighted by Gasteiger charge is -2.14. The van der Waals surface area contributed by atoms with Gasteiger partial charge in [-0.05, 0) is 41.9 Å². The van der Waals surface area contributed by atoms with Gasteiger partial charge in [-0.15, -0.1) is 0 Å². The predicted octanol–water partition coefficient (Wildman–Crippen LogP) is 4.95. The van der Waals surface area contributed by atoms with Gasteiger partial charge in [-0.25, -0.2) is 4.39 Å². The second kappa shape index (κ2) is 4.87. The van der Waals surface area contributed by atoms with Crippen molar-refractivity contribution in [2.24, 2.45) is 0 Å². The summed E-state index contributed by atoms with van der Waals surface area (Å²) in [6.07, 6.45) is 0. The van der Waals surface area contributed by atoms with E-state index in [-0.39, 0.29) is 5.82 Å². The fraction of sp³-hybridized carbons (Fsp3) is 0.188. The molecular weight excluding hydrogens is 271 g/mol. The number of aromatic amines is 1. The van der Waals surface area contributed by atoms with Crippen LogP contribution >= 0.6 is 12.2 Å². The van der Waals surface area contributed by atoms with E-state index in [1.54, 1.807) is 6.07 Å². The SMILES string of the molecule is CC(C)c1ccccc1-n1c(=S)[nH]c2ccc(F)cc21. The summed E-state index contributed by atoms with van der Waals surface area (Å²) in [6, 6.07) is 12.8. The van der Waals surface area contributed by atoms with Crippen LogP contribution in [0.1, 0.15) is 25.3 Å². The second-order valence-corrected chi connectivity index (χ2v) is 5.53. The highest BCUT2D eigenvalue weighted by atomic mass is 32.1. The van der Waals surface area contributed by atoms with E-state index in [9.17, 15) is 4.39 Å². The lowest BCUT2D eigenvalue weighted by atomic mass is 10.0. The molecule has 0 spiro atoms. The highest BCUT2D eigenvalue weighted by Crippen LogP contribution is 2.27. The summed E-state index contributed by atoms with van der Waals surface area (Å²) in [5.41, 5.74) is 3.80. The summed E-state index contributed by atoms with van der Waals surface area (Å²) in [4.78, 5) is 3.13. The molecule has 2 aromatic carbocycles. The van der Waals surface area contributed by atoms with E-state index >= 15 is 0 Å². The largest absolute Gasteiger partial charge is 0.330 e. The van der Waals surface area contributed by atoms with Crippen molar-refractivity contribution in [2.75, 3.05) is 0 Å². The van der Waals surface area contributed by atoms with Gasteiger partial charge in [-0.2, -0.15) is 0 Å². The van der Waals surface area contributed by atoms with E-state index in [4.69, 9.17) is 12.2 Å². The first-order valence-corrected chi connectivity index (χ1v) is 6.98. The van der Waals surface area contributed by atoms with E-state index in [1.807, 2.05) is 22.8 Å². The molecule has 0 amide bonds. The lowest BCUT2D eigenvalue weighted by molar-refractivity contribution is 0.629. The number of para-hydroxylation sites is 1. The summed E-state index contributed by atoms with van der Waals surface area (Å²) < 4.78 is 16.0. The predicted molar refractivity (Wildman–Crippen MR) is 82.5 cm³/mol. The summed E-state index contributed by atoms with van der Waals surface area (Å²) in [5, 5.41) is 0. The third kappa shape index (κ3) is 2.06. The van der Waals surface area contributed by atoms with Gasteiger partial charge in [0, 0.05) is 6.07 Å². The number of rotatable bonds is 2. The molecule has 0 radical (unpaired) electrons. The molecule has 0 aliphatic carbocycles. The Balaban J connectivity index is 2.38. The molecule has 4 heteroatoms. The second-order valence-electron chi connectivity index (χ2n) is 5.14. The zero-order valence-electron chi connectivity index (χ0n) is 11.4. The Bertz CT molecular complexity index is 830. The third-order valence-electron chi connectivity index (χ3n) is 3.45. The molecule has 3 aromatic rings. The number of fused-ring (bicyclic) bond motifs is 1. The smallest absolute Gasteiger partial charge is 0.182 e. The van der Waals surface area contributed by atoms with Crippen molar-refractivity contribution in [1.82, 2.24) is 9.55 Å². The molecule has 3 rings (SSSR count). The molecule has 0 aliphatic heterocycles. The molecule has 0 saturated carbocycles.